The first-order valence-electron chi connectivity index (χ1n) is 9.70. The number of benzene rings is 2. The van der Waals surface area contributed by atoms with Crippen molar-refractivity contribution >= 4 is 11.6 Å². The summed E-state index contributed by atoms with van der Waals surface area (Å²) >= 11 is 0. The molecule has 1 aliphatic rings. The van der Waals surface area contributed by atoms with Crippen molar-refractivity contribution in [1.82, 2.24) is 10.2 Å². The molecule has 1 fully saturated rings. The minimum atomic E-state index is -0.139. The number of nitrogens with zero attached hydrogens (tertiary/aromatic N) is 2. The van der Waals surface area contributed by atoms with E-state index in [1.165, 1.54) is 11.3 Å². The van der Waals surface area contributed by atoms with Gasteiger partial charge in [0, 0.05) is 38.4 Å². The molecule has 0 unspecified atom stereocenters. The van der Waals surface area contributed by atoms with E-state index in [2.05, 4.69) is 46.4 Å². The van der Waals surface area contributed by atoms with E-state index in [0.29, 0.717) is 18.0 Å². The number of likely N-dealkylation sites (N-methyl/N-ethyl adjacent to an activating group) is 1. The van der Waals surface area contributed by atoms with Crippen LogP contribution in [0.5, 0.6) is 11.5 Å². The lowest BCUT2D eigenvalue weighted by atomic mass is 10.1. The molecule has 6 heteroatoms. The number of carbonyl (C=O) groups excluding carboxylic acids is 1. The van der Waals surface area contributed by atoms with Crippen LogP contribution in [0.2, 0.25) is 0 Å². The standard InChI is InChI=1S/C22H29N3O3/c1-24-13-15-25(16-14-24)19-9-7-18(8-10-19)11-12-23-22(26)17-28-21-6-4-3-5-20(21)27-2/h3-10H,11-17H2,1-2H3,(H,23,26). The fraction of sp³-hybridized carbons (Fsp3) is 0.409. The van der Waals surface area contributed by atoms with Crippen LogP contribution < -0.4 is 19.7 Å². The van der Waals surface area contributed by atoms with Crippen molar-refractivity contribution < 1.29 is 14.3 Å². The number of hydrogen-bond donors (Lipinski definition) is 1. The summed E-state index contributed by atoms with van der Waals surface area (Å²) in [4.78, 5) is 16.8. The molecule has 150 valence electrons. The third-order valence-electron chi connectivity index (χ3n) is 4.97. The number of amides is 1. The van der Waals surface area contributed by atoms with Crippen LogP contribution in [0.15, 0.2) is 48.5 Å². The highest BCUT2D eigenvalue weighted by Crippen LogP contribution is 2.25. The molecule has 28 heavy (non-hydrogen) atoms. The molecule has 2 aromatic carbocycles. The Hall–Kier alpha value is -2.73. The third kappa shape index (κ3) is 5.63. The number of hydrogen-bond acceptors (Lipinski definition) is 5. The summed E-state index contributed by atoms with van der Waals surface area (Å²) < 4.78 is 10.7. The van der Waals surface area contributed by atoms with Gasteiger partial charge in [-0.2, -0.15) is 0 Å². The molecular weight excluding hydrogens is 354 g/mol. The normalized spacial score (nSPS) is 14.6. The number of para-hydroxylation sites is 2. The van der Waals surface area contributed by atoms with Crippen molar-refractivity contribution in [3.63, 3.8) is 0 Å². The zero-order valence-corrected chi connectivity index (χ0v) is 16.7. The molecule has 0 atom stereocenters. The van der Waals surface area contributed by atoms with Crippen LogP contribution in [0.4, 0.5) is 5.69 Å². The van der Waals surface area contributed by atoms with Gasteiger partial charge in [0.1, 0.15) is 0 Å². The fourth-order valence-corrected chi connectivity index (χ4v) is 3.22. The van der Waals surface area contributed by atoms with Crippen LogP contribution in [0.3, 0.4) is 0 Å². The number of carbonyl (C=O) groups is 1. The zero-order chi connectivity index (χ0) is 19.8. The van der Waals surface area contributed by atoms with Crippen molar-refractivity contribution in [3.05, 3.63) is 54.1 Å². The Bertz CT molecular complexity index is 756. The van der Waals surface area contributed by atoms with Crippen molar-refractivity contribution in [2.45, 2.75) is 6.42 Å². The van der Waals surface area contributed by atoms with Gasteiger partial charge in [-0.05, 0) is 43.3 Å². The lowest BCUT2D eigenvalue weighted by Gasteiger charge is -2.34. The van der Waals surface area contributed by atoms with Gasteiger partial charge in [-0.15, -0.1) is 0 Å². The van der Waals surface area contributed by atoms with E-state index in [0.717, 1.165) is 32.6 Å². The monoisotopic (exact) mass is 383 g/mol. The highest BCUT2D eigenvalue weighted by molar-refractivity contribution is 5.77. The summed E-state index contributed by atoms with van der Waals surface area (Å²) in [5, 5.41) is 2.90. The number of anilines is 1. The molecule has 1 aliphatic heterocycles. The molecule has 3 rings (SSSR count). The molecule has 0 bridgehead atoms. The molecule has 0 saturated carbocycles. The summed E-state index contributed by atoms with van der Waals surface area (Å²) in [7, 11) is 3.74. The van der Waals surface area contributed by atoms with Gasteiger partial charge in [-0.25, -0.2) is 0 Å². The Morgan fingerprint density at radius 2 is 1.68 bits per heavy atom. The Kier molecular flexibility index (Phi) is 7.14. The van der Waals surface area contributed by atoms with Crippen LogP contribution >= 0.6 is 0 Å². The Balaban J connectivity index is 1.39. The second-order valence-electron chi connectivity index (χ2n) is 7.00. The lowest BCUT2D eigenvalue weighted by Crippen LogP contribution is -2.44. The lowest BCUT2D eigenvalue weighted by molar-refractivity contribution is -0.123. The first-order chi connectivity index (χ1) is 13.7. The second kappa shape index (κ2) is 9.99. The average molecular weight is 383 g/mol. The number of piperazine rings is 1. The second-order valence-corrected chi connectivity index (χ2v) is 7.00. The molecule has 0 spiro atoms. The van der Waals surface area contributed by atoms with Gasteiger partial charge < -0.3 is 24.6 Å². The number of ether oxygens (including phenoxy) is 2. The summed E-state index contributed by atoms with van der Waals surface area (Å²) in [5.41, 5.74) is 2.48. The van der Waals surface area contributed by atoms with Crippen LogP contribution in [-0.4, -0.2) is 64.3 Å². The molecule has 1 heterocycles. The summed E-state index contributed by atoms with van der Waals surface area (Å²) in [6.45, 7) is 4.90. The molecule has 0 aromatic heterocycles. The Morgan fingerprint density at radius 3 is 2.36 bits per heavy atom. The van der Waals surface area contributed by atoms with Crippen molar-refractivity contribution in [1.29, 1.82) is 0 Å². The van der Waals surface area contributed by atoms with E-state index in [9.17, 15) is 4.79 Å². The smallest absolute Gasteiger partial charge is 0.257 e. The van der Waals surface area contributed by atoms with Gasteiger partial charge in [0.15, 0.2) is 18.1 Å². The van der Waals surface area contributed by atoms with Gasteiger partial charge in [0.2, 0.25) is 0 Å². The highest BCUT2D eigenvalue weighted by atomic mass is 16.5. The predicted molar refractivity (Wildman–Crippen MR) is 111 cm³/mol. The van der Waals surface area contributed by atoms with Crippen LogP contribution in [0.25, 0.3) is 0 Å². The first kappa shape index (κ1) is 20.0. The van der Waals surface area contributed by atoms with E-state index in [-0.39, 0.29) is 12.5 Å². The molecule has 2 aromatic rings. The van der Waals surface area contributed by atoms with E-state index in [1.807, 2.05) is 12.1 Å². The van der Waals surface area contributed by atoms with Crippen LogP contribution in [-0.2, 0) is 11.2 Å². The Morgan fingerprint density at radius 1 is 1.00 bits per heavy atom. The fourth-order valence-electron chi connectivity index (χ4n) is 3.22. The summed E-state index contributed by atoms with van der Waals surface area (Å²) in [6, 6.07) is 15.9. The third-order valence-corrected chi connectivity index (χ3v) is 4.97. The van der Waals surface area contributed by atoms with Crippen molar-refractivity contribution in [2.75, 3.05) is 58.4 Å². The zero-order valence-electron chi connectivity index (χ0n) is 16.7. The van der Waals surface area contributed by atoms with Crippen LogP contribution in [0.1, 0.15) is 5.56 Å². The maximum Gasteiger partial charge on any atom is 0.257 e. The molecule has 1 amide bonds. The largest absolute Gasteiger partial charge is 0.493 e. The van der Waals surface area contributed by atoms with Crippen LogP contribution in [0, 0.1) is 0 Å². The predicted octanol–water partition coefficient (Wildman–Crippen LogP) is 2.18. The van der Waals surface area contributed by atoms with E-state index in [1.54, 1.807) is 19.2 Å². The quantitative estimate of drug-likeness (QED) is 0.757. The first-order valence-corrected chi connectivity index (χ1v) is 9.70. The van der Waals surface area contributed by atoms with Gasteiger partial charge in [0.05, 0.1) is 7.11 Å². The number of nitrogens with one attached hydrogen (secondary N) is 1. The number of rotatable bonds is 8. The molecule has 1 N–H and O–H groups in total. The summed E-state index contributed by atoms with van der Waals surface area (Å²) in [5.74, 6) is 1.05. The van der Waals surface area contributed by atoms with Gasteiger partial charge in [-0.1, -0.05) is 24.3 Å². The van der Waals surface area contributed by atoms with Crippen molar-refractivity contribution in [2.24, 2.45) is 0 Å². The van der Waals surface area contributed by atoms with E-state index >= 15 is 0 Å². The molecular formula is C22H29N3O3. The summed E-state index contributed by atoms with van der Waals surface area (Å²) in [6.07, 6.45) is 0.795. The molecule has 1 saturated heterocycles. The van der Waals surface area contributed by atoms with E-state index in [4.69, 9.17) is 9.47 Å². The minimum absolute atomic E-state index is 0.0251. The minimum Gasteiger partial charge on any atom is -0.493 e. The van der Waals surface area contributed by atoms with Crippen molar-refractivity contribution in [3.8, 4) is 11.5 Å². The van der Waals surface area contributed by atoms with Gasteiger partial charge in [0.25, 0.3) is 5.91 Å². The SMILES string of the molecule is COc1ccccc1OCC(=O)NCCc1ccc(N2CCN(C)CC2)cc1. The van der Waals surface area contributed by atoms with Gasteiger partial charge >= 0.3 is 0 Å². The maximum atomic E-state index is 12.0. The maximum absolute atomic E-state index is 12.0. The highest BCUT2D eigenvalue weighted by Gasteiger charge is 2.14. The topological polar surface area (TPSA) is 54.0 Å². The number of methoxy groups -OCH3 is 1. The van der Waals surface area contributed by atoms with E-state index < -0.39 is 0 Å². The molecule has 0 radical (unpaired) electrons. The molecule has 6 nitrogen and oxygen atoms in total. The average Bonchev–Trinajstić information content (AvgIpc) is 2.73. The van der Waals surface area contributed by atoms with Gasteiger partial charge in [-0.3, -0.25) is 4.79 Å². The Labute approximate surface area is 167 Å². The molecule has 0 aliphatic carbocycles.